The molecule has 0 aliphatic carbocycles. The van der Waals surface area contributed by atoms with Gasteiger partial charge in [0, 0.05) is 56.6 Å². The Labute approximate surface area is 120 Å². The lowest BCUT2D eigenvalue weighted by Gasteiger charge is -2.36. The van der Waals surface area contributed by atoms with E-state index >= 15 is 0 Å². The fourth-order valence-electron chi connectivity index (χ4n) is 3.20. The molecule has 20 heavy (non-hydrogen) atoms. The van der Waals surface area contributed by atoms with Crippen molar-refractivity contribution in [1.29, 1.82) is 0 Å². The minimum absolute atomic E-state index is 0.357. The fourth-order valence-corrected chi connectivity index (χ4v) is 3.20. The lowest BCUT2D eigenvalue weighted by molar-refractivity contribution is -0.130. The number of hydrogen-bond acceptors (Lipinski definition) is 4. The van der Waals surface area contributed by atoms with E-state index in [0.717, 1.165) is 57.7 Å². The lowest BCUT2D eigenvalue weighted by Crippen LogP contribution is -2.45. The van der Waals surface area contributed by atoms with Crippen molar-refractivity contribution in [1.82, 2.24) is 19.8 Å². The lowest BCUT2D eigenvalue weighted by atomic mass is 10.0. The summed E-state index contributed by atoms with van der Waals surface area (Å²) in [7, 11) is 0. The molecule has 2 fully saturated rings. The van der Waals surface area contributed by atoms with Crippen LogP contribution in [-0.4, -0.2) is 51.4 Å². The quantitative estimate of drug-likeness (QED) is 0.835. The van der Waals surface area contributed by atoms with Gasteiger partial charge in [0.05, 0.1) is 0 Å². The molecule has 0 spiro atoms. The molecule has 0 saturated carbocycles. The van der Waals surface area contributed by atoms with E-state index in [1.807, 2.05) is 19.3 Å². The fraction of sp³-hybridized carbons (Fsp3) is 0.667. The predicted octanol–water partition coefficient (Wildman–Crippen LogP) is 1.37. The average Bonchev–Trinajstić information content (AvgIpc) is 2.89. The van der Waals surface area contributed by atoms with Gasteiger partial charge in [0.2, 0.25) is 5.91 Å². The van der Waals surface area contributed by atoms with Gasteiger partial charge >= 0.3 is 0 Å². The molecular weight excluding hydrogens is 252 g/mol. The van der Waals surface area contributed by atoms with Crippen LogP contribution < -0.4 is 0 Å². The molecule has 1 amide bonds. The molecular formula is C15H22N4O. The molecule has 108 valence electrons. The smallest absolute Gasteiger partial charge is 0.222 e. The van der Waals surface area contributed by atoms with E-state index in [4.69, 9.17) is 0 Å². The minimum Gasteiger partial charge on any atom is -0.340 e. The number of aryl methyl sites for hydroxylation is 1. The third-order valence-electron chi connectivity index (χ3n) is 4.35. The van der Waals surface area contributed by atoms with Crippen LogP contribution in [0, 0.1) is 6.92 Å². The molecule has 0 unspecified atom stereocenters. The number of carbonyl (C=O) groups is 1. The van der Waals surface area contributed by atoms with Crippen molar-refractivity contribution in [3.05, 3.63) is 23.8 Å². The Morgan fingerprint density at radius 2 is 1.90 bits per heavy atom. The summed E-state index contributed by atoms with van der Waals surface area (Å²) in [4.78, 5) is 24.8. The van der Waals surface area contributed by atoms with Crippen molar-refractivity contribution in [3.8, 4) is 0 Å². The maximum absolute atomic E-state index is 11.8. The number of nitrogens with zero attached hydrogens (tertiary/aromatic N) is 4. The summed E-state index contributed by atoms with van der Waals surface area (Å²) in [5.74, 6) is 1.18. The molecule has 5 heteroatoms. The van der Waals surface area contributed by atoms with Crippen LogP contribution in [0.3, 0.4) is 0 Å². The van der Waals surface area contributed by atoms with Crippen molar-refractivity contribution >= 4 is 5.91 Å². The van der Waals surface area contributed by atoms with Crippen molar-refractivity contribution in [2.45, 2.75) is 45.2 Å². The van der Waals surface area contributed by atoms with Crippen LogP contribution in [-0.2, 0) is 11.3 Å². The average molecular weight is 274 g/mol. The van der Waals surface area contributed by atoms with Crippen molar-refractivity contribution in [3.63, 3.8) is 0 Å². The Balaban J connectivity index is 1.51. The van der Waals surface area contributed by atoms with E-state index in [1.54, 1.807) is 0 Å². The molecule has 0 aromatic carbocycles. The second-order valence-corrected chi connectivity index (χ2v) is 5.84. The van der Waals surface area contributed by atoms with Gasteiger partial charge in [0.25, 0.3) is 0 Å². The van der Waals surface area contributed by atoms with Crippen LogP contribution in [0.15, 0.2) is 12.4 Å². The molecule has 3 rings (SSSR count). The van der Waals surface area contributed by atoms with Crippen LogP contribution in [0.4, 0.5) is 0 Å². The van der Waals surface area contributed by atoms with Gasteiger partial charge in [-0.25, -0.2) is 9.97 Å². The van der Waals surface area contributed by atoms with E-state index in [-0.39, 0.29) is 0 Å². The Morgan fingerprint density at radius 3 is 2.50 bits per heavy atom. The van der Waals surface area contributed by atoms with Gasteiger partial charge in [-0.15, -0.1) is 0 Å². The van der Waals surface area contributed by atoms with Gasteiger partial charge < -0.3 is 4.90 Å². The van der Waals surface area contributed by atoms with E-state index in [1.165, 1.54) is 5.56 Å². The molecule has 5 nitrogen and oxygen atoms in total. The van der Waals surface area contributed by atoms with E-state index in [2.05, 4.69) is 19.8 Å². The molecule has 0 radical (unpaired) electrons. The summed E-state index contributed by atoms with van der Waals surface area (Å²) >= 11 is 0. The number of rotatable bonds is 3. The number of aromatic nitrogens is 2. The molecule has 0 atom stereocenters. The summed E-state index contributed by atoms with van der Waals surface area (Å²) in [5, 5.41) is 0. The van der Waals surface area contributed by atoms with Gasteiger partial charge in [-0.05, 0) is 26.2 Å². The van der Waals surface area contributed by atoms with E-state index in [0.29, 0.717) is 11.9 Å². The first-order valence-electron chi connectivity index (χ1n) is 7.52. The number of hydrogen-bond donors (Lipinski definition) is 0. The third-order valence-corrected chi connectivity index (χ3v) is 4.35. The van der Waals surface area contributed by atoms with Crippen molar-refractivity contribution in [2.24, 2.45) is 0 Å². The summed E-state index contributed by atoms with van der Waals surface area (Å²) in [6.07, 6.45) is 7.81. The number of amides is 1. The summed E-state index contributed by atoms with van der Waals surface area (Å²) in [6.45, 7) is 5.91. The van der Waals surface area contributed by atoms with Crippen LogP contribution in [0.2, 0.25) is 0 Å². The summed E-state index contributed by atoms with van der Waals surface area (Å²) in [6, 6.07) is 0.468. The molecule has 0 bridgehead atoms. The van der Waals surface area contributed by atoms with E-state index in [9.17, 15) is 4.79 Å². The number of piperidine rings is 1. The second-order valence-electron chi connectivity index (χ2n) is 5.84. The molecule has 0 N–H and O–H groups in total. The minimum atomic E-state index is 0.357. The molecule has 1 aromatic heterocycles. The Bertz CT molecular complexity index is 465. The predicted molar refractivity (Wildman–Crippen MR) is 76.0 cm³/mol. The van der Waals surface area contributed by atoms with Crippen LogP contribution in [0.5, 0.6) is 0 Å². The first-order chi connectivity index (χ1) is 9.72. The Morgan fingerprint density at radius 1 is 1.20 bits per heavy atom. The zero-order valence-corrected chi connectivity index (χ0v) is 12.1. The Kier molecular flexibility index (Phi) is 3.96. The molecule has 2 aliphatic heterocycles. The van der Waals surface area contributed by atoms with Gasteiger partial charge in [-0.2, -0.15) is 0 Å². The van der Waals surface area contributed by atoms with Crippen molar-refractivity contribution in [2.75, 3.05) is 19.6 Å². The Hall–Kier alpha value is -1.49. The number of carbonyl (C=O) groups excluding carboxylic acids is 1. The monoisotopic (exact) mass is 274 g/mol. The van der Waals surface area contributed by atoms with E-state index < -0.39 is 0 Å². The highest BCUT2D eigenvalue weighted by molar-refractivity contribution is 5.78. The highest BCUT2D eigenvalue weighted by Crippen LogP contribution is 2.22. The van der Waals surface area contributed by atoms with Gasteiger partial charge in [0.1, 0.15) is 5.82 Å². The summed E-state index contributed by atoms with van der Waals surface area (Å²) in [5.41, 5.74) is 1.17. The molecule has 2 saturated heterocycles. The largest absolute Gasteiger partial charge is 0.340 e. The zero-order valence-electron chi connectivity index (χ0n) is 12.1. The molecule has 2 aliphatic rings. The maximum Gasteiger partial charge on any atom is 0.222 e. The number of likely N-dealkylation sites (tertiary alicyclic amines) is 2. The summed E-state index contributed by atoms with van der Waals surface area (Å²) < 4.78 is 0. The van der Waals surface area contributed by atoms with Gasteiger partial charge in [-0.3, -0.25) is 9.69 Å². The topological polar surface area (TPSA) is 49.3 Å². The normalized spacial score (nSPS) is 21.6. The molecule has 3 heterocycles. The first kappa shape index (κ1) is 13.5. The van der Waals surface area contributed by atoms with Gasteiger partial charge in [0.15, 0.2) is 0 Å². The molecule has 1 aromatic rings. The highest BCUT2D eigenvalue weighted by atomic mass is 16.2. The van der Waals surface area contributed by atoms with Gasteiger partial charge in [-0.1, -0.05) is 0 Å². The standard InChI is InChI=1S/C15H22N4O/c1-12-16-9-13(10-17-12)11-18-7-4-14(5-8-18)19-6-2-3-15(19)20/h9-10,14H,2-8,11H2,1H3. The van der Waals surface area contributed by atoms with Crippen molar-refractivity contribution < 1.29 is 4.79 Å². The van der Waals surface area contributed by atoms with Crippen LogP contribution in [0.1, 0.15) is 37.1 Å². The zero-order chi connectivity index (χ0) is 13.9. The van der Waals surface area contributed by atoms with Crippen LogP contribution >= 0.6 is 0 Å². The van der Waals surface area contributed by atoms with Crippen LogP contribution in [0.25, 0.3) is 0 Å². The second kappa shape index (κ2) is 5.87. The third kappa shape index (κ3) is 2.98. The SMILES string of the molecule is Cc1ncc(CN2CCC(N3CCCC3=O)CC2)cn1. The highest BCUT2D eigenvalue weighted by Gasteiger charge is 2.30. The first-order valence-corrected chi connectivity index (χ1v) is 7.52. The maximum atomic E-state index is 11.8.